The molecule has 8 heteroatoms. The summed E-state index contributed by atoms with van der Waals surface area (Å²) in [6.45, 7) is -1.41. The number of nitrogens with zero attached hydrogens (tertiary/aromatic N) is 2. The molecule has 0 spiro atoms. The Balaban J connectivity index is 1.86. The third kappa shape index (κ3) is 5.36. The van der Waals surface area contributed by atoms with Gasteiger partial charge in [0.1, 0.15) is 11.1 Å². The molecule has 0 radical (unpaired) electrons. The van der Waals surface area contributed by atoms with Gasteiger partial charge in [-0.05, 0) is 23.8 Å². The number of halogens is 3. The zero-order valence-corrected chi connectivity index (χ0v) is 16.1. The second-order valence-corrected chi connectivity index (χ2v) is 6.75. The van der Waals surface area contributed by atoms with Gasteiger partial charge in [-0.15, -0.1) is 11.3 Å². The van der Waals surface area contributed by atoms with Crippen molar-refractivity contribution in [2.45, 2.75) is 6.18 Å². The molecule has 1 heterocycles. The lowest BCUT2D eigenvalue weighted by atomic mass is 10.1. The van der Waals surface area contributed by atoms with Crippen LogP contribution < -0.4 is 9.47 Å². The van der Waals surface area contributed by atoms with Crippen molar-refractivity contribution in [1.29, 1.82) is 5.26 Å². The first-order chi connectivity index (χ1) is 13.9. The van der Waals surface area contributed by atoms with Crippen molar-refractivity contribution in [2.24, 2.45) is 0 Å². The predicted octanol–water partition coefficient (Wildman–Crippen LogP) is 5.82. The van der Waals surface area contributed by atoms with E-state index in [0.717, 1.165) is 11.3 Å². The first-order valence-corrected chi connectivity index (χ1v) is 9.28. The second kappa shape index (κ2) is 8.80. The van der Waals surface area contributed by atoms with Gasteiger partial charge in [-0.1, -0.05) is 36.4 Å². The second-order valence-electron chi connectivity index (χ2n) is 5.89. The van der Waals surface area contributed by atoms with Crippen LogP contribution in [0.1, 0.15) is 10.6 Å². The summed E-state index contributed by atoms with van der Waals surface area (Å²) >= 11 is 1.34. The van der Waals surface area contributed by atoms with Crippen LogP contribution in [0.25, 0.3) is 22.9 Å². The van der Waals surface area contributed by atoms with Gasteiger partial charge >= 0.3 is 6.18 Å². The van der Waals surface area contributed by atoms with E-state index in [1.54, 1.807) is 12.1 Å². The van der Waals surface area contributed by atoms with E-state index in [2.05, 4.69) is 11.1 Å². The molecule has 4 nitrogen and oxygen atoms in total. The summed E-state index contributed by atoms with van der Waals surface area (Å²) in [6, 6.07) is 16.1. The van der Waals surface area contributed by atoms with Crippen LogP contribution in [-0.2, 0) is 0 Å². The summed E-state index contributed by atoms with van der Waals surface area (Å²) in [7, 11) is 1.33. The number of hydrogen-bond acceptors (Lipinski definition) is 5. The van der Waals surface area contributed by atoms with E-state index in [9.17, 15) is 18.4 Å². The van der Waals surface area contributed by atoms with Crippen molar-refractivity contribution in [3.63, 3.8) is 0 Å². The van der Waals surface area contributed by atoms with Crippen molar-refractivity contribution in [2.75, 3.05) is 13.7 Å². The maximum atomic E-state index is 12.4. The van der Waals surface area contributed by atoms with Gasteiger partial charge < -0.3 is 9.47 Å². The Morgan fingerprint density at radius 1 is 1.17 bits per heavy atom. The first kappa shape index (κ1) is 20.4. The van der Waals surface area contributed by atoms with Crippen molar-refractivity contribution in [3.8, 4) is 28.8 Å². The summed E-state index contributed by atoms with van der Waals surface area (Å²) in [4.78, 5) is 4.51. The highest BCUT2D eigenvalue weighted by Gasteiger charge is 2.29. The van der Waals surface area contributed by atoms with E-state index in [1.807, 2.05) is 35.7 Å². The zero-order valence-electron chi connectivity index (χ0n) is 15.2. The first-order valence-electron chi connectivity index (χ1n) is 8.40. The highest BCUT2D eigenvalue weighted by Crippen LogP contribution is 2.32. The summed E-state index contributed by atoms with van der Waals surface area (Å²) in [5.41, 5.74) is 2.62. The summed E-state index contributed by atoms with van der Waals surface area (Å²) in [5, 5.41) is 12.0. The fourth-order valence-electron chi connectivity index (χ4n) is 2.50. The molecular weight excluding hydrogens is 401 g/mol. The van der Waals surface area contributed by atoms with Gasteiger partial charge in [-0.3, -0.25) is 0 Å². The Hall–Kier alpha value is -3.31. The smallest absolute Gasteiger partial charge is 0.422 e. The van der Waals surface area contributed by atoms with Gasteiger partial charge in [0.05, 0.1) is 18.4 Å². The summed E-state index contributed by atoms with van der Waals surface area (Å²) < 4.78 is 47.0. The quantitative estimate of drug-likeness (QED) is 0.475. The highest BCUT2D eigenvalue weighted by atomic mass is 32.1. The minimum Gasteiger partial charge on any atom is -0.493 e. The number of thiazole rings is 1. The Morgan fingerprint density at radius 3 is 2.59 bits per heavy atom. The van der Waals surface area contributed by atoms with Gasteiger partial charge in [-0.25, -0.2) is 4.98 Å². The molecule has 0 unspecified atom stereocenters. The molecule has 3 aromatic rings. The molecule has 3 rings (SSSR count). The van der Waals surface area contributed by atoms with Gasteiger partial charge in [-0.2, -0.15) is 18.4 Å². The molecule has 0 amide bonds. The van der Waals surface area contributed by atoms with E-state index in [-0.39, 0.29) is 11.5 Å². The number of alkyl halides is 3. The molecule has 0 atom stereocenters. The topological polar surface area (TPSA) is 55.1 Å². The Kier molecular flexibility index (Phi) is 6.20. The number of benzene rings is 2. The zero-order chi connectivity index (χ0) is 20.9. The van der Waals surface area contributed by atoms with E-state index in [0.29, 0.717) is 16.1 Å². The third-order valence-corrected chi connectivity index (χ3v) is 4.69. The highest BCUT2D eigenvalue weighted by molar-refractivity contribution is 7.11. The normalized spacial score (nSPS) is 11.8. The number of methoxy groups -OCH3 is 1. The van der Waals surface area contributed by atoms with Crippen LogP contribution in [0.4, 0.5) is 13.2 Å². The number of allylic oxidation sites excluding steroid dienone is 1. The van der Waals surface area contributed by atoms with E-state index in [4.69, 9.17) is 9.47 Å². The largest absolute Gasteiger partial charge is 0.493 e. The Morgan fingerprint density at radius 2 is 1.93 bits per heavy atom. The van der Waals surface area contributed by atoms with Crippen LogP contribution in [0.15, 0.2) is 53.9 Å². The van der Waals surface area contributed by atoms with Gasteiger partial charge in [0.25, 0.3) is 0 Å². The van der Waals surface area contributed by atoms with Gasteiger partial charge in [0.2, 0.25) is 0 Å². The molecular formula is C21H15F3N2O2S. The average Bonchev–Trinajstić information content (AvgIpc) is 3.21. The minimum atomic E-state index is -4.45. The molecule has 2 aromatic carbocycles. The molecule has 29 heavy (non-hydrogen) atoms. The molecule has 1 aromatic heterocycles. The fourth-order valence-corrected chi connectivity index (χ4v) is 3.29. The number of rotatable bonds is 6. The monoisotopic (exact) mass is 416 g/mol. The lowest BCUT2D eigenvalue weighted by Gasteiger charge is -2.12. The average molecular weight is 416 g/mol. The number of aromatic nitrogens is 1. The van der Waals surface area contributed by atoms with Crippen LogP contribution in [0, 0.1) is 11.3 Å². The van der Waals surface area contributed by atoms with Gasteiger partial charge in [0.15, 0.2) is 18.1 Å². The standard InChI is InChI=1S/C21H15F3N2O2S/c1-27-19-10-14(7-8-18(19)28-13-21(22,23)24)9-16(11-25)20-26-17(12-29-20)15-5-3-2-4-6-15/h2-10,12H,13H2,1H3/b16-9-. The van der Waals surface area contributed by atoms with E-state index in [1.165, 1.54) is 30.6 Å². The predicted molar refractivity (Wildman–Crippen MR) is 106 cm³/mol. The van der Waals surface area contributed by atoms with Gasteiger partial charge in [0, 0.05) is 10.9 Å². The molecule has 0 aliphatic carbocycles. The third-order valence-electron chi connectivity index (χ3n) is 3.81. The van der Waals surface area contributed by atoms with Crippen LogP contribution in [0.5, 0.6) is 11.5 Å². The van der Waals surface area contributed by atoms with Crippen molar-refractivity contribution < 1.29 is 22.6 Å². The number of ether oxygens (including phenoxy) is 2. The molecule has 0 saturated heterocycles. The van der Waals surface area contributed by atoms with E-state index < -0.39 is 12.8 Å². The van der Waals surface area contributed by atoms with Crippen LogP contribution in [0.3, 0.4) is 0 Å². The maximum absolute atomic E-state index is 12.4. The molecule has 0 N–H and O–H groups in total. The van der Waals surface area contributed by atoms with Crippen molar-refractivity contribution in [1.82, 2.24) is 4.98 Å². The Bertz CT molecular complexity index is 1050. The van der Waals surface area contributed by atoms with E-state index >= 15 is 0 Å². The van der Waals surface area contributed by atoms with Crippen LogP contribution >= 0.6 is 11.3 Å². The fraction of sp³-hybridized carbons (Fsp3) is 0.143. The summed E-state index contributed by atoms with van der Waals surface area (Å²) in [6.07, 6.45) is -2.84. The molecule has 0 aliphatic rings. The van der Waals surface area contributed by atoms with Crippen LogP contribution in [0.2, 0.25) is 0 Å². The molecule has 0 bridgehead atoms. The SMILES string of the molecule is COc1cc(/C=C(/C#N)c2nc(-c3ccccc3)cs2)ccc1OCC(F)(F)F. The molecule has 0 aliphatic heterocycles. The van der Waals surface area contributed by atoms with Crippen molar-refractivity contribution >= 4 is 23.0 Å². The molecule has 0 fully saturated rings. The van der Waals surface area contributed by atoms with Crippen molar-refractivity contribution in [3.05, 3.63) is 64.5 Å². The molecule has 148 valence electrons. The lowest BCUT2D eigenvalue weighted by Crippen LogP contribution is -2.19. The van der Waals surface area contributed by atoms with Crippen LogP contribution in [-0.4, -0.2) is 24.9 Å². The minimum absolute atomic E-state index is 0.0268. The summed E-state index contributed by atoms with van der Waals surface area (Å²) in [5.74, 6) is 0.116. The lowest BCUT2D eigenvalue weighted by molar-refractivity contribution is -0.153. The molecule has 0 saturated carbocycles. The number of nitriles is 1. The number of hydrogen-bond donors (Lipinski definition) is 0. The Labute approximate surface area is 169 Å². The maximum Gasteiger partial charge on any atom is 0.422 e.